The van der Waals surface area contributed by atoms with E-state index < -0.39 is 0 Å². The highest BCUT2D eigenvalue weighted by molar-refractivity contribution is 4.79. The molecule has 0 unspecified atom stereocenters. The number of nitrogens with zero attached hydrogens (tertiary/aromatic N) is 2. The first-order valence-electron chi connectivity index (χ1n) is 6.56. The molecule has 1 aliphatic rings. The molecule has 0 spiro atoms. The summed E-state index contributed by atoms with van der Waals surface area (Å²) in [4.78, 5) is 4.90. The first-order chi connectivity index (χ1) is 7.43. The molecule has 1 heterocycles. The van der Waals surface area contributed by atoms with Crippen LogP contribution in [0.4, 0.5) is 0 Å². The van der Waals surface area contributed by atoms with Crippen molar-refractivity contribution in [2.45, 2.75) is 40.2 Å². The van der Waals surface area contributed by atoms with Gasteiger partial charge in [0.05, 0.1) is 6.10 Å². The van der Waals surface area contributed by atoms with Crippen LogP contribution in [0.5, 0.6) is 0 Å². The van der Waals surface area contributed by atoms with Gasteiger partial charge in [-0.15, -0.1) is 0 Å². The molecule has 1 saturated heterocycles. The van der Waals surface area contributed by atoms with Crippen LogP contribution in [0.1, 0.15) is 34.1 Å². The number of piperazine rings is 1. The van der Waals surface area contributed by atoms with Gasteiger partial charge >= 0.3 is 0 Å². The molecular formula is C13H28N2O. The Morgan fingerprint density at radius 3 is 2.00 bits per heavy atom. The van der Waals surface area contributed by atoms with E-state index in [0.29, 0.717) is 0 Å². The molecule has 0 amide bonds. The SMILES string of the molecule is CCCN1CCN(C[C@H](O)C(C)(C)C)CC1. The van der Waals surface area contributed by atoms with Crippen molar-refractivity contribution in [3.05, 3.63) is 0 Å². The van der Waals surface area contributed by atoms with E-state index in [4.69, 9.17) is 0 Å². The lowest BCUT2D eigenvalue weighted by Gasteiger charge is -2.37. The van der Waals surface area contributed by atoms with Crippen molar-refractivity contribution in [1.29, 1.82) is 0 Å². The van der Waals surface area contributed by atoms with Crippen LogP contribution >= 0.6 is 0 Å². The van der Waals surface area contributed by atoms with Gasteiger partial charge in [0.1, 0.15) is 0 Å². The van der Waals surface area contributed by atoms with Crippen molar-refractivity contribution in [2.24, 2.45) is 5.41 Å². The summed E-state index contributed by atoms with van der Waals surface area (Å²) in [6, 6.07) is 0. The summed E-state index contributed by atoms with van der Waals surface area (Å²) in [5, 5.41) is 10.1. The van der Waals surface area contributed by atoms with Crippen LogP contribution in [0, 0.1) is 5.41 Å². The topological polar surface area (TPSA) is 26.7 Å². The van der Waals surface area contributed by atoms with Crippen LogP contribution < -0.4 is 0 Å². The predicted octanol–water partition coefficient (Wildman–Crippen LogP) is 1.42. The fraction of sp³-hybridized carbons (Fsp3) is 1.00. The first kappa shape index (κ1) is 13.9. The van der Waals surface area contributed by atoms with E-state index in [1.165, 1.54) is 13.0 Å². The Labute approximate surface area is 100 Å². The van der Waals surface area contributed by atoms with E-state index in [2.05, 4.69) is 37.5 Å². The summed E-state index contributed by atoms with van der Waals surface area (Å²) >= 11 is 0. The van der Waals surface area contributed by atoms with E-state index in [1.807, 2.05) is 0 Å². The Bertz CT molecular complexity index is 193. The number of β-amino-alcohol motifs (C(OH)–C–C–N with tert-alkyl or cyclic N) is 1. The average molecular weight is 228 g/mol. The maximum absolute atomic E-state index is 10.1. The standard InChI is InChI=1S/C13H28N2O/c1-5-6-14-7-9-15(10-8-14)11-12(16)13(2,3)4/h12,16H,5-11H2,1-4H3/t12-/m0/s1. The number of hydrogen-bond donors (Lipinski definition) is 1. The third-order valence-electron chi connectivity index (χ3n) is 3.44. The van der Waals surface area contributed by atoms with Crippen LogP contribution in [-0.2, 0) is 0 Å². The lowest BCUT2D eigenvalue weighted by Crippen LogP contribution is -2.50. The van der Waals surface area contributed by atoms with Gasteiger partial charge in [-0.2, -0.15) is 0 Å². The molecule has 1 atom stereocenters. The van der Waals surface area contributed by atoms with Gasteiger partial charge in [-0.05, 0) is 18.4 Å². The number of aliphatic hydroxyl groups excluding tert-OH is 1. The summed E-state index contributed by atoms with van der Waals surface area (Å²) < 4.78 is 0. The van der Waals surface area contributed by atoms with Crippen LogP contribution in [0.25, 0.3) is 0 Å². The van der Waals surface area contributed by atoms with Crippen molar-refractivity contribution >= 4 is 0 Å². The number of rotatable bonds is 4. The summed E-state index contributed by atoms with van der Waals surface area (Å²) in [6.07, 6.45) is 1.02. The minimum absolute atomic E-state index is 0.000548. The summed E-state index contributed by atoms with van der Waals surface area (Å²) in [5.41, 5.74) is 0.000548. The quantitative estimate of drug-likeness (QED) is 0.788. The fourth-order valence-electron chi connectivity index (χ4n) is 2.03. The van der Waals surface area contributed by atoms with Crippen molar-refractivity contribution < 1.29 is 5.11 Å². The van der Waals surface area contributed by atoms with E-state index in [-0.39, 0.29) is 11.5 Å². The summed E-state index contributed by atoms with van der Waals surface area (Å²) in [5.74, 6) is 0. The van der Waals surface area contributed by atoms with Crippen molar-refractivity contribution in [3.63, 3.8) is 0 Å². The maximum Gasteiger partial charge on any atom is 0.0715 e. The molecule has 0 bridgehead atoms. The zero-order valence-electron chi connectivity index (χ0n) is 11.4. The Morgan fingerprint density at radius 2 is 1.56 bits per heavy atom. The maximum atomic E-state index is 10.1. The van der Waals surface area contributed by atoms with Crippen LogP contribution in [-0.4, -0.2) is 60.3 Å². The normalized spacial score (nSPS) is 22.3. The molecule has 0 saturated carbocycles. The zero-order chi connectivity index (χ0) is 12.2. The molecule has 3 heteroatoms. The molecule has 96 valence electrons. The van der Waals surface area contributed by atoms with Crippen molar-refractivity contribution in [1.82, 2.24) is 9.80 Å². The molecule has 0 aromatic carbocycles. The largest absolute Gasteiger partial charge is 0.391 e. The molecule has 1 N–H and O–H groups in total. The molecular weight excluding hydrogens is 200 g/mol. The Hall–Kier alpha value is -0.120. The van der Waals surface area contributed by atoms with Gasteiger partial charge in [-0.3, -0.25) is 4.90 Å². The second-order valence-electron chi connectivity index (χ2n) is 6.02. The molecule has 1 fully saturated rings. The highest BCUT2D eigenvalue weighted by atomic mass is 16.3. The molecule has 0 radical (unpaired) electrons. The second-order valence-corrected chi connectivity index (χ2v) is 6.02. The molecule has 0 aliphatic carbocycles. The molecule has 0 aromatic rings. The lowest BCUT2D eigenvalue weighted by molar-refractivity contribution is 0.0135. The Kier molecular flexibility index (Phi) is 5.22. The van der Waals surface area contributed by atoms with Gasteiger partial charge in [-0.25, -0.2) is 0 Å². The molecule has 1 aliphatic heterocycles. The third kappa shape index (κ3) is 4.40. The van der Waals surface area contributed by atoms with E-state index in [0.717, 1.165) is 32.7 Å². The zero-order valence-corrected chi connectivity index (χ0v) is 11.4. The van der Waals surface area contributed by atoms with Gasteiger partial charge in [-0.1, -0.05) is 27.7 Å². The number of hydrogen-bond acceptors (Lipinski definition) is 3. The Morgan fingerprint density at radius 1 is 1.06 bits per heavy atom. The highest BCUT2D eigenvalue weighted by Gasteiger charge is 2.26. The minimum Gasteiger partial charge on any atom is -0.391 e. The van der Waals surface area contributed by atoms with Crippen LogP contribution in [0.15, 0.2) is 0 Å². The van der Waals surface area contributed by atoms with Gasteiger partial charge in [0.25, 0.3) is 0 Å². The van der Waals surface area contributed by atoms with Crippen LogP contribution in [0.3, 0.4) is 0 Å². The molecule has 16 heavy (non-hydrogen) atoms. The minimum atomic E-state index is -0.217. The van der Waals surface area contributed by atoms with Crippen molar-refractivity contribution in [2.75, 3.05) is 39.3 Å². The first-order valence-corrected chi connectivity index (χ1v) is 6.56. The van der Waals surface area contributed by atoms with Gasteiger partial charge in [0.2, 0.25) is 0 Å². The van der Waals surface area contributed by atoms with E-state index in [9.17, 15) is 5.11 Å². The fourth-order valence-corrected chi connectivity index (χ4v) is 2.03. The van der Waals surface area contributed by atoms with Gasteiger partial charge in [0, 0.05) is 32.7 Å². The van der Waals surface area contributed by atoms with Crippen molar-refractivity contribution in [3.8, 4) is 0 Å². The number of aliphatic hydroxyl groups is 1. The molecule has 3 nitrogen and oxygen atoms in total. The summed E-state index contributed by atoms with van der Waals surface area (Å²) in [7, 11) is 0. The third-order valence-corrected chi connectivity index (χ3v) is 3.44. The molecule has 0 aromatic heterocycles. The van der Waals surface area contributed by atoms with E-state index >= 15 is 0 Å². The smallest absolute Gasteiger partial charge is 0.0715 e. The van der Waals surface area contributed by atoms with Gasteiger partial charge in [0.15, 0.2) is 0 Å². The van der Waals surface area contributed by atoms with Gasteiger partial charge < -0.3 is 10.0 Å². The Balaban J connectivity index is 2.27. The summed E-state index contributed by atoms with van der Waals surface area (Å²) in [6.45, 7) is 15.1. The predicted molar refractivity (Wildman–Crippen MR) is 68.6 cm³/mol. The lowest BCUT2D eigenvalue weighted by atomic mass is 9.89. The monoisotopic (exact) mass is 228 g/mol. The second kappa shape index (κ2) is 5.99. The average Bonchev–Trinajstić information content (AvgIpc) is 2.20. The highest BCUT2D eigenvalue weighted by Crippen LogP contribution is 2.20. The van der Waals surface area contributed by atoms with Crippen LogP contribution in [0.2, 0.25) is 0 Å². The van der Waals surface area contributed by atoms with E-state index in [1.54, 1.807) is 0 Å². The molecule has 1 rings (SSSR count).